The van der Waals surface area contributed by atoms with E-state index in [2.05, 4.69) is 32.4 Å². The van der Waals surface area contributed by atoms with Crippen molar-refractivity contribution in [1.82, 2.24) is 19.2 Å². The van der Waals surface area contributed by atoms with Crippen LogP contribution in [0.5, 0.6) is 11.5 Å². The Kier molecular flexibility index (Phi) is 10.2. The van der Waals surface area contributed by atoms with Crippen LogP contribution in [0.15, 0.2) is 54.7 Å². The van der Waals surface area contributed by atoms with Gasteiger partial charge in [-0.25, -0.2) is 13.1 Å². The number of hydrogen-bond donors (Lipinski definition) is 1. The van der Waals surface area contributed by atoms with Gasteiger partial charge in [-0.1, -0.05) is 25.3 Å². The number of nitrogens with one attached hydrogen (secondary N) is 1. The minimum Gasteiger partial charge on any atom is -0.497 e. The molecular formula is C39H48N4O6S. The molecule has 0 spiro atoms. The van der Waals surface area contributed by atoms with Crippen LogP contribution < -0.4 is 14.2 Å². The van der Waals surface area contributed by atoms with Crippen molar-refractivity contribution in [3.63, 3.8) is 0 Å². The molecule has 1 saturated heterocycles. The van der Waals surface area contributed by atoms with Crippen molar-refractivity contribution in [2.75, 3.05) is 46.6 Å². The highest BCUT2D eigenvalue weighted by Gasteiger charge is 2.33. The standard InChI is InChI=1S/C39H48N4O6S/c1-26(2)50(45,46)41-39(44)28-9-11-34-36(23-28)43-25-30(35-24-32(13-14-40-35)49-20-17-42-15-18-48-19-16-42)21-29-22-31(47-3)10-12-33(29)38(43)37(34)27-7-5-4-6-8-27/h9-14,22-24,26-27,30H,4-8,15-21,25H2,1-3H3,(H,41,44). The molecule has 1 N–H and O–H groups in total. The number of nitrogens with zero attached hydrogens (tertiary/aromatic N) is 3. The lowest BCUT2D eigenvalue weighted by Crippen LogP contribution is -2.38. The number of amides is 1. The lowest BCUT2D eigenvalue weighted by molar-refractivity contribution is 0.0322. The minimum atomic E-state index is -3.79. The molecule has 1 amide bonds. The van der Waals surface area contributed by atoms with Crippen LogP contribution in [0.25, 0.3) is 22.2 Å². The van der Waals surface area contributed by atoms with E-state index >= 15 is 0 Å². The quantitative estimate of drug-likeness (QED) is 0.206. The van der Waals surface area contributed by atoms with Gasteiger partial charge < -0.3 is 18.8 Å². The molecule has 2 aromatic carbocycles. The third kappa shape index (κ3) is 7.13. The highest BCUT2D eigenvalue weighted by Crippen LogP contribution is 2.48. The fraction of sp³-hybridized carbons (Fsp3) is 0.487. The molecule has 0 radical (unpaired) electrons. The summed E-state index contributed by atoms with van der Waals surface area (Å²) in [6.07, 6.45) is 8.41. The van der Waals surface area contributed by atoms with Crippen molar-refractivity contribution < 1.29 is 27.4 Å². The van der Waals surface area contributed by atoms with Gasteiger partial charge in [0.15, 0.2) is 0 Å². The zero-order chi connectivity index (χ0) is 34.8. The van der Waals surface area contributed by atoms with Crippen molar-refractivity contribution in [3.8, 4) is 22.8 Å². The summed E-state index contributed by atoms with van der Waals surface area (Å²) in [6.45, 7) is 8.54. The largest absolute Gasteiger partial charge is 0.497 e. The first kappa shape index (κ1) is 34.5. The Bertz CT molecular complexity index is 1960. The Morgan fingerprint density at radius 1 is 1.00 bits per heavy atom. The van der Waals surface area contributed by atoms with E-state index in [0.29, 0.717) is 24.6 Å². The predicted molar refractivity (Wildman–Crippen MR) is 195 cm³/mol. The maximum atomic E-state index is 13.4. The molecule has 2 aliphatic heterocycles. The minimum absolute atomic E-state index is 0.00138. The van der Waals surface area contributed by atoms with Gasteiger partial charge in [0.05, 0.1) is 31.3 Å². The zero-order valence-corrected chi connectivity index (χ0v) is 30.1. The molecule has 3 aliphatic rings. The molecule has 0 bridgehead atoms. The molecule has 1 aliphatic carbocycles. The molecule has 7 rings (SSSR count). The van der Waals surface area contributed by atoms with Crippen molar-refractivity contribution in [1.29, 1.82) is 0 Å². The number of fused-ring (bicyclic) bond motifs is 5. The Labute approximate surface area is 295 Å². The lowest BCUT2D eigenvalue weighted by atomic mass is 9.81. The number of benzene rings is 2. The summed E-state index contributed by atoms with van der Waals surface area (Å²) >= 11 is 0. The summed E-state index contributed by atoms with van der Waals surface area (Å²) in [6, 6.07) is 16.0. The molecule has 50 heavy (non-hydrogen) atoms. The number of sulfonamides is 1. The van der Waals surface area contributed by atoms with E-state index < -0.39 is 21.2 Å². The van der Waals surface area contributed by atoms with E-state index in [1.54, 1.807) is 27.0 Å². The topological polar surface area (TPSA) is 112 Å². The summed E-state index contributed by atoms with van der Waals surface area (Å²) in [5, 5.41) is 0.393. The Balaban J connectivity index is 1.32. The number of rotatable bonds is 10. The maximum absolute atomic E-state index is 13.4. The van der Waals surface area contributed by atoms with E-state index in [0.717, 1.165) is 85.8 Å². The average molecular weight is 701 g/mol. The normalized spacial score (nSPS) is 18.8. The zero-order valence-electron chi connectivity index (χ0n) is 29.3. The monoisotopic (exact) mass is 700 g/mol. The second-order valence-corrected chi connectivity index (χ2v) is 16.3. The second-order valence-electron chi connectivity index (χ2n) is 14.1. The third-order valence-corrected chi connectivity index (χ3v) is 12.3. The SMILES string of the molecule is COc1ccc2c(c1)CC(c1cc(OCCN3CCOCC3)ccn1)Cn1c-2c(C2CCCCC2)c2ccc(C(=O)NS(=O)(=O)C(C)C)cc21. The summed E-state index contributed by atoms with van der Waals surface area (Å²) < 4.78 is 47.4. The number of methoxy groups -OCH3 is 1. The Hall–Kier alpha value is -3.93. The first-order chi connectivity index (χ1) is 24.2. The number of morpholine rings is 1. The molecule has 1 saturated carbocycles. The van der Waals surface area contributed by atoms with Crippen molar-refractivity contribution in [2.24, 2.45) is 0 Å². The smallest absolute Gasteiger partial charge is 0.264 e. The summed E-state index contributed by atoms with van der Waals surface area (Å²) in [4.78, 5) is 20.6. The first-order valence-electron chi connectivity index (χ1n) is 18.0. The first-order valence-corrected chi connectivity index (χ1v) is 19.5. The van der Waals surface area contributed by atoms with Crippen LogP contribution in [0.2, 0.25) is 0 Å². The van der Waals surface area contributed by atoms with Gasteiger partial charge in [-0.15, -0.1) is 0 Å². The number of aromatic nitrogens is 2. The fourth-order valence-corrected chi connectivity index (χ4v) is 8.42. The molecule has 2 aromatic heterocycles. The molecule has 266 valence electrons. The van der Waals surface area contributed by atoms with Gasteiger partial charge >= 0.3 is 0 Å². The lowest BCUT2D eigenvalue weighted by Gasteiger charge is -2.26. The van der Waals surface area contributed by atoms with Gasteiger partial charge in [-0.3, -0.25) is 14.7 Å². The van der Waals surface area contributed by atoms with Crippen LogP contribution in [-0.2, 0) is 27.7 Å². The molecule has 1 unspecified atom stereocenters. The van der Waals surface area contributed by atoms with Gasteiger partial charge in [0.1, 0.15) is 18.1 Å². The van der Waals surface area contributed by atoms with Crippen LogP contribution in [0.3, 0.4) is 0 Å². The number of carbonyl (C=O) groups excluding carboxylic acids is 1. The van der Waals surface area contributed by atoms with Gasteiger partial charge in [-0.05, 0) is 86.6 Å². The van der Waals surface area contributed by atoms with Crippen LogP contribution >= 0.6 is 0 Å². The van der Waals surface area contributed by atoms with Crippen LogP contribution in [0.4, 0.5) is 0 Å². The molecule has 2 fully saturated rings. The molecule has 11 heteroatoms. The molecule has 1 atom stereocenters. The van der Waals surface area contributed by atoms with E-state index in [1.165, 1.54) is 36.1 Å². The van der Waals surface area contributed by atoms with E-state index in [9.17, 15) is 13.2 Å². The van der Waals surface area contributed by atoms with E-state index in [4.69, 9.17) is 19.2 Å². The van der Waals surface area contributed by atoms with Gasteiger partial charge in [0.25, 0.3) is 5.91 Å². The molecule has 4 aromatic rings. The van der Waals surface area contributed by atoms with Gasteiger partial charge in [-0.2, -0.15) is 0 Å². The Morgan fingerprint density at radius 2 is 1.80 bits per heavy atom. The van der Waals surface area contributed by atoms with Crippen molar-refractivity contribution in [2.45, 2.75) is 76.0 Å². The number of ether oxygens (including phenoxy) is 3. The average Bonchev–Trinajstić information content (AvgIpc) is 3.34. The maximum Gasteiger partial charge on any atom is 0.264 e. The van der Waals surface area contributed by atoms with Crippen LogP contribution in [-0.4, -0.2) is 80.6 Å². The summed E-state index contributed by atoms with van der Waals surface area (Å²) in [5.74, 6) is 1.37. The number of hydrogen-bond acceptors (Lipinski definition) is 8. The van der Waals surface area contributed by atoms with Crippen LogP contribution in [0, 0.1) is 0 Å². The highest BCUT2D eigenvalue weighted by molar-refractivity contribution is 7.90. The van der Waals surface area contributed by atoms with E-state index in [1.807, 2.05) is 30.5 Å². The van der Waals surface area contributed by atoms with E-state index in [-0.39, 0.29) is 5.92 Å². The predicted octanol–water partition coefficient (Wildman–Crippen LogP) is 6.28. The van der Waals surface area contributed by atoms with Crippen molar-refractivity contribution >= 4 is 26.8 Å². The molecular weight excluding hydrogens is 653 g/mol. The third-order valence-electron chi connectivity index (χ3n) is 10.6. The number of pyridine rings is 1. The Morgan fingerprint density at radius 3 is 2.56 bits per heavy atom. The van der Waals surface area contributed by atoms with Gasteiger partial charge in [0.2, 0.25) is 10.0 Å². The highest BCUT2D eigenvalue weighted by atomic mass is 32.2. The van der Waals surface area contributed by atoms with Gasteiger partial charge in [0, 0.05) is 72.1 Å². The second kappa shape index (κ2) is 14.7. The summed E-state index contributed by atoms with van der Waals surface area (Å²) in [5.41, 5.74) is 7.04. The molecule has 10 nitrogen and oxygen atoms in total. The molecule has 4 heterocycles. The fourth-order valence-electron chi connectivity index (χ4n) is 7.81. The summed E-state index contributed by atoms with van der Waals surface area (Å²) in [7, 11) is -2.09. The van der Waals surface area contributed by atoms with Crippen molar-refractivity contribution in [3.05, 3.63) is 77.1 Å². The van der Waals surface area contributed by atoms with Crippen LogP contribution in [0.1, 0.15) is 85.0 Å². The number of carbonyl (C=O) groups is 1.